The van der Waals surface area contributed by atoms with E-state index < -0.39 is 22.1 Å². The molecular formula is C21H18N6O5. The van der Waals surface area contributed by atoms with Crippen LogP contribution in [0.15, 0.2) is 58.1 Å². The van der Waals surface area contributed by atoms with Gasteiger partial charge in [-0.25, -0.2) is 9.48 Å². The Labute approximate surface area is 180 Å². The number of nitrogens with zero attached hydrogens (tertiary/aromatic N) is 4. The van der Waals surface area contributed by atoms with Gasteiger partial charge in [-0.1, -0.05) is 0 Å². The van der Waals surface area contributed by atoms with Gasteiger partial charge in [-0.15, -0.1) is 0 Å². The maximum absolute atomic E-state index is 12.9. The van der Waals surface area contributed by atoms with Crippen molar-refractivity contribution in [3.8, 4) is 5.69 Å². The Morgan fingerprint density at radius 3 is 2.53 bits per heavy atom. The fraction of sp³-hybridized carbons (Fsp3) is 0.143. The van der Waals surface area contributed by atoms with Gasteiger partial charge in [0.05, 0.1) is 27.2 Å². The van der Waals surface area contributed by atoms with E-state index in [4.69, 9.17) is 0 Å². The second kappa shape index (κ2) is 7.95. The number of carbonyl (C=O) groups excluding carboxylic acids is 1. The number of carbonyl (C=O) groups is 1. The molecule has 2 aromatic heterocycles. The maximum Gasteiger partial charge on any atom is 0.328 e. The zero-order valence-corrected chi connectivity index (χ0v) is 17.2. The summed E-state index contributed by atoms with van der Waals surface area (Å²) in [7, 11) is 0. The number of rotatable bonds is 5. The number of hydrogen-bond donors (Lipinski definition) is 2. The van der Waals surface area contributed by atoms with E-state index in [1.165, 1.54) is 47.1 Å². The lowest BCUT2D eigenvalue weighted by molar-refractivity contribution is -0.384. The highest BCUT2D eigenvalue weighted by Crippen LogP contribution is 2.21. The zero-order chi connectivity index (χ0) is 23.0. The lowest BCUT2D eigenvalue weighted by Gasteiger charge is -2.10. The maximum atomic E-state index is 12.9. The number of non-ortho nitro benzene ring substituents is 1. The van der Waals surface area contributed by atoms with Crippen LogP contribution >= 0.6 is 0 Å². The molecule has 0 radical (unpaired) electrons. The normalized spacial score (nSPS) is 10.9. The number of nitro benzene ring substituents is 1. The number of nitrogens with one attached hydrogen (secondary N) is 2. The molecule has 0 bridgehead atoms. The molecule has 0 saturated carbocycles. The van der Waals surface area contributed by atoms with Crippen molar-refractivity contribution in [1.29, 1.82) is 0 Å². The molecule has 1 amide bonds. The molecule has 0 aliphatic carbocycles. The average Bonchev–Trinajstić information content (AvgIpc) is 3.13. The number of anilines is 1. The number of amides is 1. The van der Waals surface area contributed by atoms with Gasteiger partial charge in [0.1, 0.15) is 5.82 Å². The van der Waals surface area contributed by atoms with Crippen molar-refractivity contribution in [2.75, 3.05) is 5.32 Å². The van der Waals surface area contributed by atoms with Crippen LogP contribution in [0, 0.1) is 17.0 Å². The molecule has 32 heavy (non-hydrogen) atoms. The molecule has 0 atom stereocenters. The molecule has 4 rings (SSSR count). The number of H-pyrrole nitrogens is 1. The Hall–Kier alpha value is -4.54. The summed E-state index contributed by atoms with van der Waals surface area (Å²) in [6.45, 7) is 3.68. The first kappa shape index (κ1) is 20.7. The van der Waals surface area contributed by atoms with Crippen molar-refractivity contribution in [3.63, 3.8) is 0 Å². The van der Waals surface area contributed by atoms with Gasteiger partial charge >= 0.3 is 5.69 Å². The van der Waals surface area contributed by atoms with E-state index in [9.17, 15) is 24.5 Å². The molecule has 11 nitrogen and oxygen atoms in total. The molecular weight excluding hydrogens is 416 g/mol. The van der Waals surface area contributed by atoms with Crippen molar-refractivity contribution in [3.05, 3.63) is 90.7 Å². The van der Waals surface area contributed by atoms with Gasteiger partial charge in [-0.2, -0.15) is 5.10 Å². The van der Waals surface area contributed by atoms with Crippen LogP contribution in [0.2, 0.25) is 0 Å². The van der Waals surface area contributed by atoms with Crippen molar-refractivity contribution in [2.24, 2.45) is 0 Å². The minimum Gasteiger partial charge on any atom is -0.307 e. The van der Waals surface area contributed by atoms with Crippen LogP contribution in [0.5, 0.6) is 0 Å². The molecule has 0 fully saturated rings. The first-order valence-electron chi connectivity index (χ1n) is 9.68. The van der Waals surface area contributed by atoms with Crippen LogP contribution in [0.3, 0.4) is 0 Å². The molecule has 0 aliphatic heterocycles. The summed E-state index contributed by atoms with van der Waals surface area (Å²) in [4.78, 5) is 50.4. The van der Waals surface area contributed by atoms with Crippen molar-refractivity contribution in [2.45, 2.75) is 20.4 Å². The van der Waals surface area contributed by atoms with Gasteiger partial charge in [-0.3, -0.25) is 24.3 Å². The van der Waals surface area contributed by atoms with Crippen LogP contribution in [0.25, 0.3) is 16.6 Å². The van der Waals surface area contributed by atoms with Gasteiger partial charge in [0.25, 0.3) is 17.2 Å². The van der Waals surface area contributed by atoms with Crippen LogP contribution in [-0.2, 0) is 6.54 Å². The minimum atomic E-state index is -0.547. The van der Waals surface area contributed by atoms with Gasteiger partial charge in [0.2, 0.25) is 0 Å². The SMILES string of the molecule is CCn1c(=O)[nH]c2cc(C(=O)Nc3cc(C)nn3-c3ccc([N+](=O)[O-])cc3)ccc2c1=O. The van der Waals surface area contributed by atoms with Crippen LogP contribution < -0.4 is 16.6 Å². The summed E-state index contributed by atoms with van der Waals surface area (Å²) in [6.07, 6.45) is 0. The van der Waals surface area contributed by atoms with Crippen LogP contribution in [0.1, 0.15) is 23.0 Å². The summed E-state index contributed by atoms with van der Waals surface area (Å²) in [5, 5.41) is 18.3. The van der Waals surface area contributed by atoms with Gasteiger partial charge in [0.15, 0.2) is 0 Å². The lowest BCUT2D eigenvalue weighted by atomic mass is 10.1. The highest BCUT2D eigenvalue weighted by molar-refractivity contribution is 6.05. The smallest absolute Gasteiger partial charge is 0.307 e. The van der Waals surface area contributed by atoms with E-state index in [0.29, 0.717) is 22.6 Å². The standard InChI is InChI=1S/C21H18N6O5/c1-3-25-20(29)16-9-4-13(11-17(16)22-21(25)30)19(28)23-18-10-12(2)24-26(18)14-5-7-15(8-6-14)27(31)32/h4-11H,3H2,1-2H3,(H,22,30)(H,23,28). The Morgan fingerprint density at radius 2 is 1.88 bits per heavy atom. The lowest BCUT2D eigenvalue weighted by Crippen LogP contribution is -2.34. The fourth-order valence-electron chi connectivity index (χ4n) is 3.37. The first-order valence-corrected chi connectivity index (χ1v) is 9.68. The molecule has 2 N–H and O–H groups in total. The summed E-state index contributed by atoms with van der Waals surface area (Å²) in [5.74, 6) is -0.119. The van der Waals surface area contributed by atoms with E-state index in [1.54, 1.807) is 19.9 Å². The Morgan fingerprint density at radius 1 is 1.16 bits per heavy atom. The number of aromatic nitrogens is 4. The predicted octanol–water partition coefficient (Wildman–Crippen LogP) is 2.36. The zero-order valence-electron chi connectivity index (χ0n) is 17.2. The third-order valence-electron chi connectivity index (χ3n) is 4.94. The van der Waals surface area contributed by atoms with Crippen molar-refractivity contribution >= 4 is 28.3 Å². The first-order chi connectivity index (χ1) is 15.3. The molecule has 0 unspecified atom stereocenters. The largest absolute Gasteiger partial charge is 0.328 e. The Balaban J connectivity index is 1.67. The molecule has 162 valence electrons. The highest BCUT2D eigenvalue weighted by Gasteiger charge is 2.15. The average molecular weight is 434 g/mol. The highest BCUT2D eigenvalue weighted by atomic mass is 16.6. The van der Waals surface area contributed by atoms with Crippen molar-refractivity contribution in [1.82, 2.24) is 19.3 Å². The Bertz CT molecular complexity index is 1480. The third kappa shape index (κ3) is 3.67. The van der Waals surface area contributed by atoms with Crippen LogP contribution in [-0.4, -0.2) is 30.2 Å². The van der Waals surface area contributed by atoms with Gasteiger partial charge in [-0.05, 0) is 44.2 Å². The van der Waals surface area contributed by atoms with E-state index in [1.807, 2.05) is 0 Å². The quantitative estimate of drug-likeness (QED) is 0.364. The van der Waals surface area contributed by atoms with Crippen molar-refractivity contribution < 1.29 is 9.72 Å². The number of fused-ring (bicyclic) bond motifs is 1. The molecule has 0 saturated heterocycles. The minimum absolute atomic E-state index is 0.0597. The molecule has 2 aromatic carbocycles. The van der Waals surface area contributed by atoms with Crippen LogP contribution in [0.4, 0.5) is 11.5 Å². The van der Waals surface area contributed by atoms with E-state index in [2.05, 4.69) is 15.4 Å². The summed E-state index contributed by atoms with van der Waals surface area (Å²) < 4.78 is 2.54. The topological polar surface area (TPSA) is 145 Å². The van der Waals surface area contributed by atoms with E-state index in [-0.39, 0.29) is 23.3 Å². The Kier molecular flexibility index (Phi) is 5.15. The second-order valence-corrected chi connectivity index (χ2v) is 7.05. The van der Waals surface area contributed by atoms with E-state index in [0.717, 1.165) is 4.57 Å². The molecule has 2 heterocycles. The molecule has 0 spiro atoms. The number of hydrogen-bond acceptors (Lipinski definition) is 6. The number of benzene rings is 2. The van der Waals surface area contributed by atoms with Gasteiger partial charge < -0.3 is 10.3 Å². The third-order valence-corrected chi connectivity index (χ3v) is 4.94. The summed E-state index contributed by atoms with van der Waals surface area (Å²) in [6, 6.07) is 11.8. The number of nitro groups is 1. The number of aryl methyl sites for hydroxylation is 1. The second-order valence-electron chi connectivity index (χ2n) is 7.05. The summed E-state index contributed by atoms with van der Waals surface area (Å²) in [5.41, 5.74) is 0.617. The monoisotopic (exact) mass is 434 g/mol. The number of aromatic amines is 1. The van der Waals surface area contributed by atoms with E-state index >= 15 is 0 Å². The molecule has 11 heteroatoms. The molecule has 4 aromatic rings. The predicted molar refractivity (Wildman–Crippen MR) is 117 cm³/mol. The fourth-order valence-corrected chi connectivity index (χ4v) is 3.37. The summed E-state index contributed by atoms with van der Waals surface area (Å²) >= 11 is 0. The van der Waals surface area contributed by atoms with Gasteiger partial charge in [0, 0.05) is 30.3 Å². The molecule has 0 aliphatic rings.